The summed E-state index contributed by atoms with van der Waals surface area (Å²) in [4.78, 5) is 11.5. The highest BCUT2D eigenvalue weighted by Gasteiger charge is 2.04. The zero-order valence-electron chi connectivity index (χ0n) is 7.42. The maximum atomic E-state index is 10.2. The molecule has 1 nitrogen and oxygen atoms in total. The molecule has 0 aliphatic rings. The van der Waals surface area contributed by atoms with E-state index in [-0.39, 0.29) is 0 Å². The van der Waals surface area contributed by atoms with Gasteiger partial charge in [0.1, 0.15) is 6.29 Å². The summed E-state index contributed by atoms with van der Waals surface area (Å²) >= 11 is 5.20. The Kier molecular flexibility index (Phi) is 4.53. The summed E-state index contributed by atoms with van der Waals surface area (Å²) in [6.07, 6.45) is 4.44. The molecule has 3 heteroatoms. The number of carbonyl (C=O) groups excluding carboxylic acids is 1. The third-order valence-corrected chi connectivity index (χ3v) is 3.60. The normalized spacial score (nSPS) is 10.0. The van der Waals surface area contributed by atoms with Crippen molar-refractivity contribution in [3.8, 4) is 0 Å². The molecule has 0 saturated carbocycles. The fourth-order valence-corrected chi connectivity index (χ4v) is 2.78. The van der Waals surface area contributed by atoms with Gasteiger partial charge in [0, 0.05) is 15.8 Å². The van der Waals surface area contributed by atoms with Crippen LogP contribution in [0.3, 0.4) is 0 Å². The number of aryl methyl sites for hydroxylation is 1. The second-order valence-electron chi connectivity index (χ2n) is 2.64. The molecule has 0 heterocycles. The molecular weight excluding hydrogens is 248 g/mol. The van der Waals surface area contributed by atoms with Crippen molar-refractivity contribution in [2.45, 2.75) is 17.7 Å². The van der Waals surface area contributed by atoms with E-state index in [9.17, 15) is 4.79 Å². The predicted molar refractivity (Wildman–Crippen MR) is 60.3 cm³/mol. The fourth-order valence-electron chi connectivity index (χ4n) is 1.19. The van der Waals surface area contributed by atoms with Crippen LogP contribution in [0.15, 0.2) is 27.6 Å². The SMILES string of the molecule is CSc1c(Br)cccc1CCC=O. The van der Waals surface area contributed by atoms with Gasteiger partial charge in [0.15, 0.2) is 0 Å². The molecule has 1 aromatic carbocycles. The summed E-state index contributed by atoms with van der Waals surface area (Å²) in [5.41, 5.74) is 1.24. The van der Waals surface area contributed by atoms with Crippen LogP contribution in [0.25, 0.3) is 0 Å². The van der Waals surface area contributed by atoms with Crippen molar-refractivity contribution in [2.24, 2.45) is 0 Å². The molecule has 0 aliphatic carbocycles. The quantitative estimate of drug-likeness (QED) is 0.609. The average molecular weight is 259 g/mol. The molecule has 13 heavy (non-hydrogen) atoms. The molecule has 0 atom stereocenters. The lowest BCUT2D eigenvalue weighted by Gasteiger charge is -2.07. The van der Waals surface area contributed by atoms with E-state index in [4.69, 9.17) is 0 Å². The van der Waals surface area contributed by atoms with Crippen LogP contribution in [-0.4, -0.2) is 12.5 Å². The summed E-state index contributed by atoms with van der Waals surface area (Å²) in [5.74, 6) is 0. The minimum Gasteiger partial charge on any atom is -0.303 e. The molecule has 0 amide bonds. The van der Waals surface area contributed by atoms with Gasteiger partial charge in [-0.2, -0.15) is 0 Å². The van der Waals surface area contributed by atoms with Crippen molar-refractivity contribution in [3.63, 3.8) is 0 Å². The van der Waals surface area contributed by atoms with Gasteiger partial charge >= 0.3 is 0 Å². The second kappa shape index (κ2) is 5.45. The van der Waals surface area contributed by atoms with E-state index in [1.54, 1.807) is 11.8 Å². The highest BCUT2D eigenvalue weighted by molar-refractivity contribution is 9.10. The molecule has 1 aromatic rings. The van der Waals surface area contributed by atoms with Crippen LogP contribution in [0.1, 0.15) is 12.0 Å². The minimum absolute atomic E-state index is 0.601. The van der Waals surface area contributed by atoms with E-state index in [0.717, 1.165) is 17.2 Å². The lowest BCUT2D eigenvalue weighted by atomic mass is 10.1. The molecule has 0 saturated heterocycles. The van der Waals surface area contributed by atoms with Gasteiger partial charge in [-0.25, -0.2) is 0 Å². The topological polar surface area (TPSA) is 17.1 Å². The van der Waals surface area contributed by atoms with E-state index >= 15 is 0 Å². The van der Waals surface area contributed by atoms with Crippen molar-refractivity contribution < 1.29 is 4.79 Å². The molecular formula is C10H11BrOS. The molecule has 70 valence electrons. The third kappa shape index (κ3) is 2.85. The van der Waals surface area contributed by atoms with E-state index in [1.807, 2.05) is 18.4 Å². The van der Waals surface area contributed by atoms with E-state index in [2.05, 4.69) is 22.0 Å². The van der Waals surface area contributed by atoms with Crippen molar-refractivity contribution in [1.82, 2.24) is 0 Å². The van der Waals surface area contributed by atoms with Gasteiger partial charge in [0.2, 0.25) is 0 Å². The first-order valence-electron chi connectivity index (χ1n) is 4.04. The van der Waals surface area contributed by atoms with Crippen molar-refractivity contribution in [3.05, 3.63) is 28.2 Å². The molecule has 0 aliphatic heterocycles. The predicted octanol–water partition coefficient (Wildman–Crippen LogP) is 3.30. The summed E-state index contributed by atoms with van der Waals surface area (Å²) in [5, 5.41) is 0. The summed E-state index contributed by atoms with van der Waals surface area (Å²) in [6, 6.07) is 6.10. The van der Waals surface area contributed by atoms with E-state index in [0.29, 0.717) is 6.42 Å². The maximum Gasteiger partial charge on any atom is 0.120 e. The molecule has 0 unspecified atom stereocenters. The van der Waals surface area contributed by atoms with Gasteiger partial charge in [-0.3, -0.25) is 0 Å². The van der Waals surface area contributed by atoms with Crippen LogP contribution in [0.2, 0.25) is 0 Å². The van der Waals surface area contributed by atoms with Gasteiger partial charge in [-0.1, -0.05) is 12.1 Å². The zero-order chi connectivity index (χ0) is 9.68. The Morgan fingerprint density at radius 3 is 2.92 bits per heavy atom. The van der Waals surface area contributed by atoms with Crippen LogP contribution in [0, 0.1) is 0 Å². The lowest BCUT2D eigenvalue weighted by molar-refractivity contribution is -0.107. The highest BCUT2D eigenvalue weighted by Crippen LogP contribution is 2.29. The molecule has 0 aromatic heterocycles. The Morgan fingerprint density at radius 1 is 1.54 bits per heavy atom. The molecule has 1 rings (SSSR count). The maximum absolute atomic E-state index is 10.2. The van der Waals surface area contributed by atoms with Gasteiger partial charge in [0.25, 0.3) is 0 Å². The third-order valence-electron chi connectivity index (χ3n) is 1.78. The number of hydrogen-bond donors (Lipinski definition) is 0. The molecule has 0 fully saturated rings. The summed E-state index contributed by atoms with van der Waals surface area (Å²) in [7, 11) is 0. The number of hydrogen-bond acceptors (Lipinski definition) is 2. The smallest absolute Gasteiger partial charge is 0.120 e. The van der Waals surface area contributed by atoms with Crippen LogP contribution in [0.5, 0.6) is 0 Å². The first kappa shape index (κ1) is 10.8. The Hall–Kier alpha value is -0.280. The second-order valence-corrected chi connectivity index (χ2v) is 4.31. The van der Waals surface area contributed by atoms with Gasteiger partial charge in [-0.15, -0.1) is 11.8 Å². The van der Waals surface area contributed by atoms with Crippen molar-refractivity contribution >= 4 is 34.0 Å². The van der Waals surface area contributed by atoms with E-state index < -0.39 is 0 Å². The van der Waals surface area contributed by atoms with Crippen LogP contribution in [0.4, 0.5) is 0 Å². The first-order valence-corrected chi connectivity index (χ1v) is 6.06. The standard InChI is InChI=1S/C10H11BrOS/c1-13-10-8(5-3-7-12)4-2-6-9(10)11/h2,4,6-7H,3,5H2,1H3. The average Bonchev–Trinajstić information content (AvgIpc) is 2.15. The largest absolute Gasteiger partial charge is 0.303 e. The van der Waals surface area contributed by atoms with Crippen molar-refractivity contribution in [1.29, 1.82) is 0 Å². The lowest BCUT2D eigenvalue weighted by Crippen LogP contribution is -1.90. The highest BCUT2D eigenvalue weighted by atomic mass is 79.9. The minimum atomic E-state index is 0.601. The monoisotopic (exact) mass is 258 g/mol. The number of carbonyl (C=O) groups is 1. The fraction of sp³-hybridized carbons (Fsp3) is 0.300. The summed E-state index contributed by atoms with van der Waals surface area (Å²) < 4.78 is 1.11. The number of benzene rings is 1. The summed E-state index contributed by atoms with van der Waals surface area (Å²) in [6.45, 7) is 0. The zero-order valence-corrected chi connectivity index (χ0v) is 9.82. The molecule has 0 spiro atoms. The number of rotatable bonds is 4. The van der Waals surface area contributed by atoms with Gasteiger partial charge in [0.05, 0.1) is 0 Å². The molecule has 0 N–H and O–H groups in total. The Morgan fingerprint density at radius 2 is 2.31 bits per heavy atom. The van der Waals surface area contributed by atoms with Crippen molar-refractivity contribution in [2.75, 3.05) is 6.26 Å². The Labute approximate surface area is 91.0 Å². The number of halogens is 1. The number of thioether (sulfide) groups is 1. The Bertz CT molecular complexity index is 299. The van der Waals surface area contributed by atoms with Crippen LogP contribution >= 0.6 is 27.7 Å². The Balaban J connectivity index is 2.91. The van der Waals surface area contributed by atoms with Gasteiger partial charge in [-0.05, 0) is 40.2 Å². The van der Waals surface area contributed by atoms with Crippen LogP contribution in [-0.2, 0) is 11.2 Å². The van der Waals surface area contributed by atoms with Crippen LogP contribution < -0.4 is 0 Å². The van der Waals surface area contributed by atoms with Gasteiger partial charge < -0.3 is 4.79 Å². The molecule has 0 bridgehead atoms. The molecule has 0 radical (unpaired) electrons. The number of aldehydes is 1. The first-order chi connectivity index (χ1) is 6.29. The van der Waals surface area contributed by atoms with E-state index in [1.165, 1.54) is 10.5 Å².